The van der Waals surface area contributed by atoms with Crippen molar-refractivity contribution < 1.29 is 9.53 Å². The van der Waals surface area contributed by atoms with Crippen LogP contribution in [-0.4, -0.2) is 22.6 Å². The predicted molar refractivity (Wildman–Crippen MR) is 146 cm³/mol. The Morgan fingerprint density at radius 1 is 1.00 bits per heavy atom. The van der Waals surface area contributed by atoms with Gasteiger partial charge in [0.15, 0.2) is 0 Å². The van der Waals surface area contributed by atoms with Gasteiger partial charge in [0.25, 0.3) is 5.56 Å². The molecule has 1 amide bonds. The summed E-state index contributed by atoms with van der Waals surface area (Å²) < 4.78 is 7.09. The van der Waals surface area contributed by atoms with Gasteiger partial charge in [0.1, 0.15) is 11.6 Å². The zero-order valence-electron chi connectivity index (χ0n) is 21.6. The maximum Gasteiger partial charge on any atom is 0.261 e. The second kappa shape index (κ2) is 10.4. The smallest absolute Gasteiger partial charge is 0.261 e. The van der Waals surface area contributed by atoms with Gasteiger partial charge in [0.2, 0.25) is 5.91 Å². The van der Waals surface area contributed by atoms with E-state index in [0.29, 0.717) is 29.6 Å². The van der Waals surface area contributed by atoms with Crippen molar-refractivity contribution in [2.75, 3.05) is 12.4 Å². The Labute approximate surface area is 212 Å². The molecule has 36 heavy (non-hydrogen) atoms. The van der Waals surface area contributed by atoms with Gasteiger partial charge >= 0.3 is 0 Å². The Kier molecular flexibility index (Phi) is 7.25. The summed E-state index contributed by atoms with van der Waals surface area (Å²) in [5.41, 5.74) is 3.76. The third-order valence-corrected chi connectivity index (χ3v) is 6.14. The maximum atomic E-state index is 13.6. The molecule has 0 saturated carbocycles. The average molecular weight is 484 g/mol. The van der Waals surface area contributed by atoms with Crippen molar-refractivity contribution >= 4 is 22.5 Å². The van der Waals surface area contributed by atoms with E-state index in [9.17, 15) is 9.59 Å². The lowest BCUT2D eigenvalue weighted by atomic mass is 9.95. The van der Waals surface area contributed by atoms with E-state index in [-0.39, 0.29) is 11.5 Å². The second-order valence-electron chi connectivity index (χ2n) is 10.0. The van der Waals surface area contributed by atoms with E-state index in [1.807, 2.05) is 57.2 Å². The number of aryl methyl sites for hydroxylation is 1. The minimum atomic E-state index is -0.532. The molecular weight excluding hydrogens is 450 g/mol. The molecule has 0 aliphatic carbocycles. The van der Waals surface area contributed by atoms with E-state index in [2.05, 4.69) is 24.4 Å². The molecule has 0 unspecified atom stereocenters. The summed E-state index contributed by atoms with van der Waals surface area (Å²) in [5, 5.41) is 3.41. The van der Waals surface area contributed by atoms with Crippen LogP contribution < -0.4 is 15.6 Å². The number of nitrogens with one attached hydrogen (secondary N) is 1. The molecule has 0 aliphatic heterocycles. The summed E-state index contributed by atoms with van der Waals surface area (Å²) in [4.78, 5) is 30.9. The number of rotatable bonds is 7. The Balaban J connectivity index is 1.68. The Morgan fingerprint density at radius 3 is 2.42 bits per heavy atom. The lowest BCUT2D eigenvalue weighted by molar-refractivity contribution is -0.123. The van der Waals surface area contributed by atoms with E-state index in [0.717, 1.165) is 34.7 Å². The molecule has 1 N–H and O–H groups in total. The molecule has 6 nitrogen and oxygen atoms in total. The fraction of sp³-hybridized carbons (Fsp3) is 0.300. The van der Waals surface area contributed by atoms with Gasteiger partial charge in [-0.2, -0.15) is 0 Å². The molecule has 0 spiro atoms. The van der Waals surface area contributed by atoms with Gasteiger partial charge in [-0.1, -0.05) is 64.1 Å². The normalized spacial score (nSPS) is 11.5. The summed E-state index contributed by atoms with van der Waals surface area (Å²) in [7, 11) is 1.66. The summed E-state index contributed by atoms with van der Waals surface area (Å²) in [5.74, 6) is 1.47. The first-order chi connectivity index (χ1) is 17.2. The number of anilines is 1. The van der Waals surface area contributed by atoms with Crippen LogP contribution in [-0.2, 0) is 17.8 Å². The molecule has 0 saturated heterocycles. The zero-order valence-corrected chi connectivity index (χ0v) is 21.6. The summed E-state index contributed by atoms with van der Waals surface area (Å²) in [6.07, 6.45) is 1.59. The lowest BCUT2D eigenvalue weighted by Crippen LogP contribution is -2.28. The second-order valence-corrected chi connectivity index (χ2v) is 10.0. The van der Waals surface area contributed by atoms with Crippen molar-refractivity contribution in [2.24, 2.45) is 5.41 Å². The summed E-state index contributed by atoms with van der Waals surface area (Å²) >= 11 is 0. The monoisotopic (exact) mass is 483 g/mol. The number of ether oxygens (including phenoxy) is 1. The van der Waals surface area contributed by atoms with E-state index >= 15 is 0 Å². The van der Waals surface area contributed by atoms with E-state index in [4.69, 9.17) is 9.72 Å². The Morgan fingerprint density at radius 2 is 1.75 bits per heavy atom. The molecule has 0 aliphatic rings. The Bertz CT molecular complexity index is 1450. The third kappa shape index (κ3) is 5.48. The number of amides is 1. The van der Waals surface area contributed by atoms with Crippen molar-refractivity contribution in [3.63, 3.8) is 0 Å². The highest BCUT2D eigenvalue weighted by Gasteiger charge is 2.21. The van der Waals surface area contributed by atoms with Crippen LogP contribution in [0.5, 0.6) is 5.75 Å². The number of aromatic nitrogens is 2. The molecule has 1 heterocycles. The van der Waals surface area contributed by atoms with E-state index < -0.39 is 5.41 Å². The molecule has 186 valence electrons. The number of hydrogen-bond acceptors (Lipinski definition) is 4. The van der Waals surface area contributed by atoms with Crippen LogP contribution in [0.1, 0.15) is 45.5 Å². The van der Waals surface area contributed by atoms with Crippen molar-refractivity contribution in [1.82, 2.24) is 9.55 Å². The summed E-state index contributed by atoms with van der Waals surface area (Å²) in [6, 6.07) is 21.5. The van der Waals surface area contributed by atoms with Gasteiger partial charge < -0.3 is 10.1 Å². The predicted octanol–water partition coefficient (Wildman–Crippen LogP) is 6.06. The minimum Gasteiger partial charge on any atom is -0.497 e. The number of carbonyl (C=O) groups is 1. The highest BCUT2D eigenvalue weighted by molar-refractivity contribution is 5.96. The molecule has 4 aromatic rings. The van der Waals surface area contributed by atoms with E-state index in [1.54, 1.807) is 29.9 Å². The van der Waals surface area contributed by atoms with Crippen LogP contribution in [0, 0.1) is 5.41 Å². The van der Waals surface area contributed by atoms with Gasteiger partial charge in [-0.05, 0) is 53.4 Å². The molecule has 0 atom stereocenters. The third-order valence-electron chi connectivity index (χ3n) is 6.14. The van der Waals surface area contributed by atoms with Crippen LogP contribution in [0.25, 0.3) is 22.0 Å². The molecule has 1 aromatic heterocycles. The number of benzene rings is 3. The minimum absolute atomic E-state index is 0.103. The Hall–Kier alpha value is -3.93. The number of nitrogens with zero attached hydrogens (tertiary/aromatic N) is 2. The molecule has 3 aromatic carbocycles. The van der Waals surface area contributed by atoms with Gasteiger partial charge in [-0.3, -0.25) is 14.2 Å². The SMILES string of the molecule is CCCc1nc2ccc(NC(=O)C(C)(C)C)cc2c(=O)n1Cc1ccc(-c2cccc(OC)c2)cc1. The van der Waals surface area contributed by atoms with Crippen molar-refractivity contribution in [3.05, 3.63) is 88.5 Å². The first-order valence-corrected chi connectivity index (χ1v) is 12.3. The van der Waals surface area contributed by atoms with Gasteiger partial charge in [0.05, 0.1) is 24.6 Å². The van der Waals surface area contributed by atoms with Gasteiger partial charge in [-0.15, -0.1) is 0 Å². The van der Waals surface area contributed by atoms with Gasteiger partial charge in [0, 0.05) is 17.5 Å². The topological polar surface area (TPSA) is 73.2 Å². The first kappa shape index (κ1) is 25.2. The fourth-order valence-corrected chi connectivity index (χ4v) is 4.03. The maximum absolute atomic E-state index is 13.6. The standard InChI is InChI=1S/C30H33N3O3/c1-6-8-27-32-26-16-15-23(31-29(35)30(2,3)4)18-25(26)28(34)33(27)19-20-11-13-21(14-12-20)22-9-7-10-24(17-22)36-5/h7,9-18H,6,8,19H2,1-5H3,(H,31,35). The van der Waals surface area contributed by atoms with Crippen LogP contribution in [0.3, 0.4) is 0 Å². The highest BCUT2D eigenvalue weighted by atomic mass is 16.5. The number of methoxy groups -OCH3 is 1. The number of hydrogen-bond donors (Lipinski definition) is 1. The molecule has 0 bridgehead atoms. The molecule has 6 heteroatoms. The van der Waals surface area contributed by atoms with Crippen LogP contribution >= 0.6 is 0 Å². The lowest BCUT2D eigenvalue weighted by Gasteiger charge is -2.18. The van der Waals surface area contributed by atoms with Crippen LogP contribution in [0.4, 0.5) is 5.69 Å². The molecule has 4 rings (SSSR count). The zero-order chi connectivity index (χ0) is 25.9. The number of fused-ring (bicyclic) bond motifs is 1. The first-order valence-electron chi connectivity index (χ1n) is 12.3. The molecular formula is C30H33N3O3. The largest absolute Gasteiger partial charge is 0.497 e. The van der Waals surface area contributed by atoms with E-state index in [1.165, 1.54) is 0 Å². The quantitative estimate of drug-likeness (QED) is 0.347. The molecule has 0 fully saturated rings. The van der Waals surface area contributed by atoms with Crippen molar-refractivity contribution in [1.29, 1.82) is 0 Å². The molecule has 0 radical (unpaired) electrons. The summed E-state index contributed by atoms with van der Waals surface area (Å²) in [6.45, 7) is 8.07. The fourth-order valence-electron chi connectivity index (χ4n) is 4.03. The average Bonchev–Trinajstić information content (AvgIpc) is 2.86. The highest BCUT2D eigenvalue weighted by Crippen LogP contribution is 2.25. The van der Waals surface area contributed by atoms with Crippen molar-refractivity contribution in [2.45, 2.75) is 47.1 Å². The van der Waals surface area contributed by atoms with Crippen LogP contribution in [0.2, 0.25) is 0 Å². The van der Waals surface area contributed by atoms with Crippen molar-refractivity contribution in [3.8, 4) is 16.9 Å². The van der Waals surface area contributed by atoms with Gasteiger partial charge in [-0.25, -0.2) is 4.98 Å². The number of carbonyl (C=O) groups excluding carboxylic acids is 1. The van der Waals surface area contributed by atoms with Crippen LogP contribution in [0.15, 0.2) is 71.5 Å².